The van der Waals surface area contributed by atoms with Gasteiger partial charge < -0.3 is 9.30 Å². The predicted octanol–water partition coefficient (Wildman–Crippen LogP) is 2.57. The summed E-state index contributed by atoms with van der Waals surface area (Å²) in [5, 5.41) is 0.182. The van der Waals surface area contributed by atoms with E-state index < -0.39 is 5.25 Å². The zero-order valence-corrected chi connectivity index (χ0v) is 13.6. The monoisotopic (exact) mass is 332 g/mol. The number of likely N-dealkylation sites (N-methyl/N-ethyl adjacent to an activating group) is 1. The number of nitrogens with zero attached hydrogens (tertiary/aromatic N) is 2. The molecular formula is C16H16N2O4S. The number of aryl methyl sites for hydroxylation is 1. The summed E-state index contributed by atoms with van der Waals surface area (Å²) in [6.07, 6.45) is 2.16. The highest BCUT2D eigenvalue weighted by Gasteiger charge is 2.38. The maximum atomic E-state index is 12.2. The van der Waals surface area contributed by atoms with Gasteiger partial charge in [-0.25, -0.2) is 0 Å². The first-order valence-electron chi connectivity index (χ1n) is 7.15. The molecule has 1 aromatic heterocycles. The van der Waals surface area contributed by atoms with Gasteiger partial charge >= 0.3 is 5.97 Å². The van der Waals surface area contributed by atoms with Gasteiger partial charge in [0.15, 0.2) is 0 Å². The lowest BCUT2D eigenvalue weighted by Crippen LogP contribution is -2.24. The lowest BCUT2D eigenvalue weighted by atomic mass is 10.1. The number of methoxy groups -OCH3 is 1. The standard InChI is InChI=1S/C16H16N2O4S/c1-17-15(20)14(23-16(17)21)11-4-3-5-12-10(11)6-8-18(12)9-7-13(19)22-2/h3-6,8,14H,7,9H2,1-2H3. The van der Waals surface area contributed by atoms with Crippen molar-refractivity contribution in [2.24, 2.45) is 0 Å². The summed E-state index contributed by atoms with van der Waals surface area (Å²) in [4.78, 5) is 36.4. The minimum Gasteiger partial charge on any atom is -0.469 e. The fraction of sp³-hybridized carbons (Fsp3) is 0.312. The van der Waals surface area contributed by atoms with E-state index in [1.165, 1.54) is 14.2 Å². The lowest BCUT2D eigenvalue weighted by molar-refractivity contribution is -0.140. The van der Waals surface area contributed by atoms with Gasteiger partial charge in [-0.2, -0.15) is 0 Å². The topological polar surface area (TPSA) is 68.6 Å². The molecule has 1 atom stereocenters. The number of aromatic nitrogens is 1. The number of amides is 2. The van der Waals surface area contributed by atoms with E-state index in [1.54, 1.807) is 0 Å². The summed E-state index contributed by atoms with van der Waals surface area (Å²) < 4.78 is 6.61. The van der Waals surface area contributed by atoms with Crippen molar-refractivity contribution >= 4 is 39.8 Å². The number of hydrogen-bond donors (Lipinski definition) is 0. The number of benzene rings is 1. The Morgan fingerprint density at radius 3 is 2.74 bits per heavy atom. The van der Waals surface area contributed by atoms with E-state index in [0.29, 0.717) is 6.54 Å². The number of esters is 1. The molecule has 2 heterocycles. The van der Waals surface area contributed by atoms with E-state index in [-0.39, 0.29) is 23.5 Å². The van der Waals surface area contributed by atoms with Crippen LogP contribution in [0.25, 0.3) is 10.9 Å². The van der Waals surface area contributed by atoms with Gasteiger partial charge in [-0.3, -0.25) is 19.3 Å². The number of carbonyl (C=O) groups excluding carboxylic acids is 3. The zero-order chi connectivity index (χ0) is 16.6. The molecule has 1 aliphatic heterocycles. The van der Waals surface area contributed by atoms with Gasteiger partial charge in [0.1, 0.15) is 5.25 Å². The number of ether oxygens (including phenoxy) is 1. The fourth-order valence-electron chi connectivity index (χ4n) is 2.68. The van der Waals surface area contributed by atoms with E-state index in [9.17, 15) is 14.4 Å². The highest BCUT2D eigenvalue weighted by atomic mass is 32.2. The molecule has 6 nitrogen and oxygen atoms in total. The molecule has 1 aromatic carbocycles. The van der Waals surface area contributed by atoms with Crippen LogP contribution in [0.3, 0.4) is 0 Å². The van der Waals surface area contributed by atoms with Gasteiger partial charge in [0.05, 0.1) is 13.5 Å². The van der Waals surface area contributed by atoms with Crippen LogP contribution in [0.15, 0.2) is 30.5 Å². The lowest BCUT2D eigenvalue weighted by Gasteiger charge is -2.10. The smallest absolute Gasteiger partial charge is 0.307 e. The highest BCUT2D eigenvalue weighted by Crippen LogP contribution is 2.41. The SMILES string of the molecule is COC(=O)CCn1ccc2c(C3SC(=O)N(C)C3=O)cccc21. The molecule has 120 valence electrons. The number of carbonyl (C=O) groups is 3. The van der Waals surface area contributed by atoms with Crippen molar-refractivity contribution in [3.63, 3.8) is 0 Å². The normalized spacial score (nSPS) is 18.0. The van der Waals surface area contributed by atoms with Crippen LogP contribution < -0.4 is 0 Å². The van der Waals surface area contributed by atoms with Gasteiger partial charge in [0.2, 0.25) is 5.91 Å². The number of imide groups is 1. The van der Waals surface area contributed by atoms with Crippen molar-refractivity contribution in [3.05, 3.63) is 36.0 Å². The second-order valence-electron chi connectivity index (χ2n) is 5.28. The molecule has 23 heavy (non-hydrogen) atoms. The number of hydrogen-bond acceptors (Lipinski definition) is 5. The first-order valence-corrected chi connectivity index (χ1v) is 8.03. The number of fused-ring (bicyclic) bond motifs is 1. The largest absolute Gasteiger partial charge is 0.469 e. The molecule has 7 heteroatoms. The fourth-order valence-corrected chi connectivity index (χ4v) is 3.72. The van der Waals surface area contributed by atoms with Crippen LogP contribution in [0.4, 0.5) is 4.79 Å². The van der Waals surface area contributed by atoms with E-state index >= 15 is 0 Å². The van der Waals surface area contributed by atoms with Gasteiger partial charge in [0, 0.05) is 30.7 Å². The van der Waals surface area contributed by atoms with Crippen molar-refractivity contribution in [2.75, 3.05) is 14.2 Å². The Kier molecular flexibility index (Phi) is 4.12. The molecule has 1 aliphatic rings. The van der Waals surface area contributed by atoms with Crippen LogP contribution in [0.5, 0.6) is 0 Å². The molecular weight excluding hydrogens is 316 g/mol. The quantitative estimate of drug-likeness (QED) is 0.805. The number of thioether (sulfide) groups is 1. The molecule has 0 N–H and O–H groups in total. The van der Waals surface area contributed by atoms with Crippen LogP contribution in [0.1, 0.15) is 17.2 Å². The van der Waals surface area contributed by atoms with Crippen molar-refractivity contribution in [2.45, 2.75) is 18.2 Å². The van der Waals surface area contributed by atoms with Gasteiger partial charge in [-0.05, 0) is 29.5 Å². The average Bonchev–Trinajstić information content (AvgIpc) is 3.09. The molecule has 3 rings (SSSR count). The summed E-state index contributed by atoms with van der Waals surface area (Å²) in [6, 6.07) is 7.59. The third-order valence-electron chi connectivity index (χ3n) is 3.96. The Morgan fingerprint density at radius 2 is 2.09 bits per heavy atom. The van der Waals surface area contributed by atoms with Crippen LogP contribution >= 0.6 is 11.8 Å². The summed E-state index contributed by atoms with van der Waals surface area (Å²) in [6.45, 7) is 0.504. The molecule has 1 unspecified atom stereocenters. The third-order valence-corrected chi connectivity index (χ3v) is 5.13. The van der Waals surface area contributed by atoms with Crippen molar-refractivity contribution in [1.82, 2.24) is 9.47 Å². The predicted molar refractivity (Wildman–Crippen MR) is 87.1 cm³/mol. The number of rotatable bonds is 4. The molecule has 0 radical (unpaired) electrons. The first kappa shape index (κ1) is 15.6. The maximum Gasteiger partial charge on any atom is 0.307 e. The van der Waals surface area contributed by atoms with E-state index in [4.69, 9.17) is 0 Å². The van der Waals surface area contributed by atoms with E-state index in [2.05, 4.69) is 4.74 Å². The van der Waals surface area contributed by atoms with Crippen molar-refractivity contribution < 1.29 is 19.1 Å². The third kappa shape index (κ3) is 2.72. The second-order valence-corrected chi connectivity index (χ2v) is 6.33. The van der Waals surface area contributed by atoms with Crippen molar-refractivity contribution in [3.8, 4) is 0 Å². The van der Waals surface area contributed by atoms with Crippen molar-refractivity contribution in [1.29, 1.82) is 0 Å². The molecule has 0 saturated carbocycles. The van der Waals surface area contributed by atoms with Crippen LogP contribution in [0.2, 0.25) is 0 Å². The summed E-state index contributed by atoms with van der Waals surface area (Å²) in [7, 11) is 2.87. The Balaban J connectivity index is 1.94. The molecule has 0 spiro atoms. The molecule has 2 aromatic rings. The second kappa shape index (κ2) is 6.08. The molecule has 1 saturated heterocycles. The van der Waals surface area contributed by atoms with Gasteiger partial charge in [0.25, 0.3) is 5.24 Å². The van der Waals surface area contributed by atoms with Crippen LogP contribution in [-0.2, 0) is 20.9 Å². The van der Waals surface area contributed by atoms with E-state index in [0.717, 1.165) is 33.1 Å². The molecule has 1 fully saturated rings. The van der Waals surface area contributed by atoms with Gasteiger partial charge in [-0.15, -0.1) is 0 Å². The average molecular weight is 332 g/mol. The Labute approximate surface area is 137 Å². The van der Waals surface area contributed by atoms with Crippen LogP contribution in [-0.4, -0.2) is 40.7 Å². The van der Waals surface area contributed by atoms with Gasteiger partial charge in [-0.1, -0.05) is 12.1 Å². The maximum absolute atomic E-state index is 12.2. The first-order chi connectivity index (χ1) is 11.0. The Bertz CT molecular complexity index is 798. The Hall–Kier alpha value is -2.28. The summed E-state index contributed by atoms with van der Waals surface area (Å²) in [5.41, 5.74) is 1.76. The minimum absolute atomic E-state index is 0.199. The minimum atomic E-state index is -0.507. The molecule has 2 amide bonds. The summed E-state index contributed by atoms with van der Waals surface area (Å²) >= 11 is 1.03. The molecule has 0 bridgehead atoms. The zero-order valence-electron chi connectivity index (χ0n) is 12.8. The highest BCUT2D eigenvalue weighted by molar-refractivity contribution is 8.15. The Morgan fingerprint density at radius 1 is 1.30 bits per heavy atom. The van der Waals surface area contributed by atoms with Crippen LogP contribution in [0, 0.1) is 0 Å². The molecule has 0 aliphatic carbocycles. The van der Waals surface area contributed by atoms with E-state index in [1.807, 2.05) is 35.0 Å². The summed E-state index contributed by atoms with van der Waals surface area (Å²) in [5.74, 6) is -0.466.